The van der Waals surface area contributed by atoms with Gasteiger partial charge in [0.15, 0.2) is 10.8 Å². The minimum atomic E-state index is -0.675. The summed E-state index contributed by atoms with van der Waals surface area (Å²) in [5.74, 6) is -0.0253. The summed E-state index contributed by atoms with van der Waals surface area (Å²) in [4.78, 5) is 15.9. The van der Waals surface area contributed by atoms with Gasteiger partial charge >= 0.3 is 0 Å². The Labute approximate surface area is 159 Å². The molecule has 0 spiro atoms. The lowest BCUT2D eigenvalue weighted by Gasteiger charge is -2.07. The molecule has 6 nitrogen and oxygen atoms in total. The molecule has 1 amide bonds. The smallest absolute Gasteiger partial charge is 0.291 e. The number of rotatable bonds is 6. The van der Waals surface area contributed by atoms with Crippen LogP contribution in [0.5, 0.6) is 5.75 Å². The van der Waals surface area contributed by atoms with Crippen molar-refractivity contribution in [3.8, 4) is 5.75 Å². The maximum atomic E-state index is 12.1. The summed E-state index contributed by atoms with van der Waals surface area (Å²) in [6, 6.07) is 7.13. The number of nitrogens with two attached hydrogens (primary N) is 1. The van der Waals surface area contributed by atoms with Gasteiger partial charge in [0.25, 0.3) is 5.91 Å². The van der Waals surface area contributed by atoms with Crippen molar-refractivity contribution >= 4 is 52.6 Å². The molecule has 2 rings (SSSR count). The van der Waals surface area contributed by atoms with Gasteiger partial charge in [-0.1, -0.05) is 59.6 Å². The van der Waals surface area contributed by atoms with E-state index in [0.29, 0.717) is 12.4 Å². The molecule has 0 fully saturated rings. The van der Waals surface area contributed by atoms with E-state index in [4.69, 9.17) is 45.3 Å². The highest BCUT2D eigenvalue weighted by molar-refractivity contribution is 6.46. The number of nitrogen functional groups attached to an aromatic ring is 1. The van der Waals surface area contributed by atoms with Gasteiger partial charge < -0.3 is 10.5 Å². The Balaban J connectivity index is 2.10. The van der Waals surface area contributed by atoms with Crippen molar-refractivity contribution in [1.29, 1.82) is 0 Å². The van der Waals surface area contributed by atoms with Gasteiger partial charge in [0, 0.05) is 0 Å². The maximum Gasteiger partial charge on any atom is 0.291 e. The third-order valence-corrected chi connectivity index (χ3v) is 4.03. The standard InChI is InChI=1S/C16H13Cl3N4O2/c1-2-6-25-10-5-3-4-9(7-10)8-21-23-16(24)14-11(17)13(20)12(18)15(19)22-14/h2-5,7-8H,1,6H2,(H2,20,22)(H,23,24)/b21-8-. The normalized spacial score (nSPS) is 10.7. The molecule has 1 aromatic heterocycles. The molecule has 0 aliphatic rings. The second-order valence-electron chi connectivity index (χ2n) is 4.66. The number of benzene rings is 1. The number of nitrogens with zero attached hydrogens (tertiary/aromatic N) is 2. The SMILES string of the molecule is C=CCOc1cccc(/C=N\NC(=O)c2nc(Cl)c(Cl)c(N)c2Cl)c1. The fourth-order valence-electron chi connectivity index (χ4n) is 1.74. The van der Waals surface area contributed by atoms with Crippen LogP contribution in [0.1, 0.15) is 16.1 Å². The fourth-order valence-corrected chi connectivity index (χ4v) is 2.33. The van der Waals surface area contributed by atoms with Gasteiger partial charge in [-0.2, -0.15) is 5.10 Å². The Morgan fingerprint density at radius 3 is 2.84 bits per heavy atom. The van der Waals surface area contributed by atoms with E-state index in [-0.39, 0.29) is 26.6 Å². The van der Waals surface area contributed by atoms with E-state index in [2.05, 4.69) is 22.1 Å². The van der Waals surface area contributed by atoms with Gasteiger partial charge in [-0.05, 0) is 17.7 Å². The predicted molar refractivity (Wildman–Crippen MR) is 101 cm³/mol. The number of nitrogens with one attached hydrogen (secondary N) is 1. The number of amides is 1. The number of ether oxygens (including phenoxy) is 1. The van der Waals surface area contributed by atoms with Crippen LogP contribution in [-0.2, 0) is 0 Å². The molecule has 1 heterocycles. The summed E-state index contributed by atoms with van der Waals surface area (Å²) < 4.78 is 5.41. The van der Waals surface area contributed by atoms with E-state index in [1.54, 1.807) is 30.3 Å². The molecule has 3 N–H and O–H groups in total. The number of hydrogen-bond acceptors (Lipinski definition) is 5. The molecule has 0 saturated carbocycles. The molecule has 0 aliphatic heterocycles. The lowest BCUT2D eigenvalue weighted by atomic mass is 10.2. The zero-order chi connectivity index (χ0) is 18.4. The van der Waals surface area contributed by atoms with Crippen molar-refractivity contribution in [2.45, 2.75) is 0 Å². The minimum absolute atomic E-state index is 0.0111. The van der Waals surface area contributed by atoms with Crippen LogP contribution in [0.2, 0.25) is 15.2 Å². The Morgan fingerprint density at radius 1 is 1.36 bits per heavy atom. The van der Waals surface area contributed by atoms with Gasteiger partial charge in [0.2, 0.25) is 0 Å². The predicted octanol–water partition coefficient (Wildman–Crippen LogP) is 3.95. The number of hydrogen-bond donors (Lipinski definition) is 2. The zero-order valence-corrected chi connectivity index (χ0v) is 15.1. The van der Waals surface area contributed by atoms with E-state index in [9.17, 15) is 4.79 Å². The summed E-state index contributed by atoms with van der Waals surface area (Å²) >= 11 is 17.6. The molecule has 0 unspecified atom stereocenters. The molecule has 0 aliphatic carbocycles. The molecule has 2 aromatic rings. The van der Waals surface area contributed by atoms with E-state index >= 15 is 0 Å². The number of aromatic nitrogens is 1. The number of pyridine rings is 1. The average molecular weight is 400 g/mol. The largest absolute Gasteiger partial charge is 0.490 e. The van der Waals surface area contributed by atoms with Crippen LogP contribution >= 0.6 is 34.8 Å². The van der Waals surface area contributed by atoms with Crippen LogP contribution in [0.3, 0.4) is 0 Å². The first-order chi connectivity index (χ1) is 11.9. The van der Waals surface area contributed by atoms with Crippen LogP contribution in [0.15, 0.2) is 42.0 Å². The van der Waals surface area contributed by atoms with Crippen molar-refractivity contribution in [3.05, 3.63) is 63.4 Å². The van der Waals surface area contributed by atoms with Crippen molar-refractivity contribution in [2.75, 3.05) is 12.3 Å². The van der Waals surface area contributed by atoms with Crippen molar-refractivity contribution in [1.82, 2.24) is 10.4 Å². The molecule has 0 radical (unpaired) electrons. The average Bonchev–Trinajstić information content (AvgIpc) is 2.61. The third-order valence-electron chi connectivity index (χ3n) is 2.89. The van der Waals surface area contributed by atoms with Crippen LogP contribution in [0, 0.1) is 0 Å². The first-order valence-electron chi connectivity index (χ1n) is 6.91. The van der Waals surface area contributed by atoms with Crippen molar-refractivity contribution in [3.63, 3.8) is 0 Å². The van der Waals surface area contributed by atoms with Gasteiger partial charge in [0.1, 0.15) is 17.4 Å². The molecular weight excluding hydrogens is 387 g/mol. The zero-order valence-electron chi connectivity index (χ0n) is 12.8. The maximum absolute atomic E-state index is 12.1. The minimum Gasteiger partial charge on any atom is -0.490 e. The number of anilines is 1. The van der Waals surface area contributed by atoms with Crippen LogP contribution < -0.4 is 15.9 Å². The Hall–Kier alpha value is -2.28. The summed E-state index contributed by atoms with van der Waals surface area (Å²) in [6.45, 7) is 3.97. The molecular formula is C16H13Cl3N4O2. The first kappa shape index (κ1) is 19.1. The molecule has 0 bridgehead atoms. The highest BCUT2D eigenvalue weighted by Crippen LogP contribution is 2.34. The topological polar surface area (TPSA) is 89.6 Å². The number of halogens is 3. The second kappa shape index (κ2) is 8.71. The molecule has 25 heavy (non-hydrogen) atoms. The van der Waals surface area contributed by atoms with Crippen molar-refractivity contribution in [2.24, 2.45) is 5.10 Å². The quantitative estimate of drug-likeness (QED) is 0.333. The monoisotopic (exact) mass is 398 g/mol. The van der Waals surface area contributed by atoms with Crippen LogP contribution in [0.4, 0.5) is 5.69 Å². The Kier molecular flexibility index (Phi) is 6.64. The summed E-state index contributed by atoms with van der Waals surface area (Å²) in [6.07, 6.45) is 3.08. The van der Waals surface area contributed by atoms with Gasteiger partial charge in [0.05, 0.1) is 16.9 Å². The third kappa shape index (κ3) is 4.85. The summed E-state index contributed by atoms with van der Waals surface area (Å²) in [5.41, 5.74) is 8.49. The van der Waals surface area contributed by atoms with E-state index in [0.717, 1.165) is 5.56 Å². The van der Waals surface area contributed by atoms with Crippen LogP contribution in [-0.4, -0.2) is 23.7 Å². The van der Waals surface area contributed by atoms with Crippen molar-refractivity contribution < 1.29 is 9.53 Å². The molecule has 130 valence electrons. The van der Waals surface area contributed by atoms with Gasteiger partial charge in [-0.25, -0.2) is 10.4 Å². The summed E-state index contributed by atoms with van der Waals surface area (Å²) in [7, 11) is 0. The second-order valence-corrected chi connectivity index (χ2v) is 5.78. The fraction of sp³-hybridized carbons (Fsp3) is 0.0625. The van der Waals surface area contributed by atoms with Gasteiger partial charge in [-0.3, -0.25) is 4.79 Å². The molecule has 0 atom stereocenters. The lowest BCUT2D eigenvalue weighted by molar-refractivity contribution is 0.0950. The van der Waals surface area contributed by atoms with E-state index in [1.807, 2.05) is 0 Å². The molecule has 9 heteroatoms. The van der Waals surface area contributed by atoms with E-state index in [1.165, 1.54) is 6.21 Å². The highest BCUT2D eigenvalue weighted by Gasteiger charge is 2.19. The van der Waals surface area contributed by atoms with E-state index < -0.39 is 5.91 Å². The number of hydrazone groups is 1. The molecule has 0 saturated heterocycles. The Morgan fingerprint density at radius 2 is 2.12 bits per heavy atom. The molecule has 1 aromatic carbocycles. The van der Waals surface area contributed by atoms with Gasteiger partial charge in [-0.15, -0.1) is 0 Å². The lowest BCUT2D eigenvalue weighted by Crippen LogP contribution is -2.20. The summed E-state index contributed by atoms with van der Waals surface area (Å²) in [5, 5.41) is 3.62. The Bertz CT molecular complexity index is 840. The number of carbonyl (C=O) groups is 1. The highest BCUT2D eigenvalue weighted by atomic mass is 35.5. The van der Waals surface area contributed by atoms with Crippen LogP contribution in [0.25, 0.3) is 0 Å². The number of carbonyl (C=O) groups excluding carboxylic acids is 1. The first-order valence-corrected chi connectivity index (χ1v) is 8.04.